The summed E-state index contributed by atoms with van der Waals surface area (Å²) in [6, 6.07) is 14.3. The van der Waals surface area contributed by atoms with Gasteiger partial charge >= 0.3 is 0 Å². The topological polar surface area (TPSA) is 136 Å². The highest BCUT2D eigenvalue weighted by Gasteiger charge is 2.51. The summed E-state index contributed by atoms with van der Waals surface area (Å²) in [5, 5.41) is 8.11. The quantitative estimate of drug-likeness (QED) is 0.232. The minimum Gasteiger partial charge on any atom is -0.355 e. The minimum absolute atomic E-state index is 0.0236. The van der Waals surface area contributed by atoms with Gasteiger partial charge in [0.25, 0.3) is 5.56 Å². The average Bonchev–Trinajstić information content (AvgIpc) is 3.63. The molecule has 2 unspecified atom stereocenters. The number of benzene rings is 2. The van der Waals surface area contributed by atoms with Crippen LogP contribution in [0.1, 0.15) is 36.5 Å². The van der Waals surface area contributed by atoms with Gasteiger partial charge in [0.15, 0.2) is 9.84 Å². The van der Waals surface area contributed by atoms with E-state index >= 15 is 0 Å². The molecule has 0 fully saturated rings. The number of sulfone groups is 1. The van der Waals surface area contributed by atoms with E-state index in [0.717, 1.165) is 10.2 Å². The predicted molar refractivity (Wildman–Crippen MR) is 178 cm³/mol. The van der Waals surface area contributed by atoms with Crippen molar-refractivity contribution < 1.29 is 21.2 Å². The molecule has 2 N–H and O–H groups in total. The molecule has 2 atom stereocenters. The molecule has 1 aliphatic carbocycles. The minimum atomic E-state index is -4.29. The molecule has 0 spiro atoms. The summed E-state index contributed by atoms with van der Waals surface area (Å²) in [6.45, 7) is 3.37. The molecule has 10 nitrogen and oxygen atoms in total. The second kappa shape index (κ2) is 11.2. The lowest BCUT2D eigenvalue weighted by Gasteiger charge is -2.39. The third kappa shape index (κ3) is 5.49. The number of nitrogens with zero attached hydrogens (tertiary/aromatic N) is 3. The number of nitrogens with one attached hydrogen (secondary N) is 2. The van der Waals surface area contributed by atoms with Crippen molar-refractivity contribution in [1.29, 1.82) is 0 Å². The maximum Gasteiger partial charge on any atom is 0.273 e. The lowest BCUT2D eigenvalue weighted by Crippen LogP contribution is -2.46. The molecule has 3 heterocycles. The summed E-state index contributed by atoms with van der Waals surface area (Å²) in [4.78, 5) is 15.4. The number of fused-ring (bicyclic) bond motifs is 1. The van der Waals surface area contributed by atoms with Crippen LogP contribution in [0, 0.1) is 5.82 Å². The van der Waals surface area contributed by atoms with Crippen LogP contribution in [0.15, 0.2) is 102 Å². The third-order valence-electron chi connectivity index (χ3n) is 8.50. The fourth-order valence-corrected chi connectivity index (χ4v) is 8.88. The number of hydrogen-bond acceptors (Lipinski definition) is 7. The van der Waals surface area contributed by atoms with Gasteiger partial charge in [-0.3, -0.25) is 9.48 Å². The van der Waals surface area contributed by atoms with Crippen molar-refractivity contribution in [2.75, 3.05) is 11.6 Å². The average molecular weight is 662 g/mol. The van der Waals surface area contributed by atoms with E-state index in [9.17, 15) is 26.0 Å². The molecule has 1 aliphatic rings. The van der Waals surface area contributed by atoms with E-state index in [1.165, 1.54) is 24.5 Å². The first-order chi connectivity index (χ1) is 21.7. The molecule has 3 aromatic heterocycles. The van der Waals surface area contributed by atoms with Crippen LogP contribution < -0.4 is 10.9 Å². The molecule has 238 valence electrons. The zero-order chi connectivity index (χ0) is 33.0. The molecular weight excluding hydrogens is 630 g/mol. The van der Waals surface area contributed by atoms with Crippen molar-refractivity contribution >= 4 is 47.7 Å². The van der Waals surface area contributed by atoms with Gasteiger partial charge in [-0.05, 0) is 84.7 Å². The van der Waals surface area contributed by atoms with Crippen molar-refractivity contribution in [3.8, 4) is 0 Å². The van der Waals surface area contributed by atoms with E-state index in [1.54, 1.807) is 86.5 Å². The Balaban J connectivity index is 1.56. The molecule has 0 saturated carbocycles. The van der Waals surface area contributed by atoms with E-state index in [2.05, 4.69) is 15.4 Å². The molecule has 0 amide bonds. The van der Waals surface area contributed by atoms with Gasteiger partial charge in [0.2, 0.25) is 10.0 Å². The van der Waals surface area contributed by atoms with Crippen LogP contribution in [0.3, 0.4) is 0 Å². The normalized spacial score (nSPS) is 18.8. The first kappa shape index (κ1) is 31.2. The van der Waals surface area contributed by atoms with Gasteiger partial charge < -0.3 is 10.3 Å². The zero-order valence-electron chi connectivity index (χ0n) is 25.5. The number of rotatable bonds is 8. The molecule has 0 radical (unpaired) electrons. The van der Waals surface area contributed by atoms with E-state index in [4.69, 9.17) is 0 Å². The lowest BCUT2D eigenvalue weighted by atomic mass is 9.76. The van der Waals surface area contributed by atoms with Crippen LogP contribution in [-0.2, 0) is 32.7 Å². The van der Waals surface area contributed by atoms with Gasteiger partial charge in [0, 0.05) is 60.1 Å². The second-order valence-electron chi connectivity index (χ2n) is 11.8. The van der Waals surface area contributed by atoms with Crippen LogP contribution in [-0.4, -0.2) is 46.6 Å². The van der Waals surface area contributed by atoms with Crippen molar-refractivity contribution in [2.45, 2.75) is 30.3 Å². The first-order valence-corrected chi connectivity index (χ1v) is 17.8. The van der Waals surface area contributed by atoms with Crippen LogP contribution in [0.25, 0.3) is 16.5 Å². The standard InChI is InChI=1S/C33H32FN5O5S2/c1-21-15-24(28-16-22(20-45(4,41)42)5-10-30(28)37-27-8-6-26(34)7-9-27)17-29(25-18-36-38(3)19-25)33(21,2)46(43,44)39-14-12-23-11-13-35-32(40)31(23)39/h5-19,29,37H,20H2,1-4H3,(H,35,40). The lowest BCUT2D eigenvalue weighted by molar-refractivity contribution is 0.525. The maximum absolute atomic E-state index is 14.7. The zero-order valence-corrected chi connectivity index (χ0v) is 27.2. The number of H-pyrrole nitrogens is 1. The number of hydrogen-bond donors (Lipinski definition) is 2. The van der Waals surface area contributed by atoms with Crippen LogP contribution in [0.5, 0.6) is 0 Å². The predicted octanol–water partition coefficient (Wildman–Crippen LogP) is 5.25. The number of allylic oxidation sites excluding steroid dienone is 3. The summed E-state index contributed by atoms with van der Waals surface area (Å²) in [6.07, 6.45) is 11.0. The summed E-state index contributed by atoms with van der Waals surface area (Å²) in [5.41, 5.74) is 3.66. The molecule has 13 heteroatoms. The Morgan fingerprint density at radius 2 is 1.80 bits per heavy atom. The smallest absolute Gasteiger partial charge is 0.273 e. The Hall–Kier alpha value is -4.75. The Kier molecular flexibility index (Phi) is 7.64. The first-order valence-electron chi connectivity index (χ1n) is 14.3. The Labute approximate surface area is 265 Å². The molecular formula is C33H32FN5O5S2. The van der Waals surface area contributed by atoms with Gasteiger partial charge in [-0.15, -0.1) is 0 Å². The van der Waals surface area contributed by atoms with Crippen molar-refractivity contribution in [1.82, 2.24) is 18.7 Å². The van der Waals surface area contributed by atoms with Crippen LogP contribution >= 0.6 is 0 Å². The Bertz CT molecular complexity index is 2330. The van der Waals surface area contributed by atoms with E-state index in [0.29, 0.717) is 44.6 Å². The van der Waals surface area contributed by atoms with E-state index in [-0.39, 0.29) is 17.1 Å². The number of aromatic amines is 1. The fraction of sp³-hybridized carbons (Fsp3) is 0.212. The SMILES string of the molecule is CC1=CC(c2cc(CS(C)(=O)=O)ccc2Nc2ccc(F)cc2)=CC(c2cnn(C)c2)C1(C)S(=O)(=O)n1ccc2cc[nH]c(=O)c21. The molecule has 6 rings (SSSR count). The van der Waals surface area contributed by atoms with E-state index < -0.39 is 36.1 Å². The molecule has 0 bridgehead atoms. The summed E-state index contributed by atoms with van der Waals surface area (Å²) in [7, 11) is -5.91. The van der Waals surface area contributed by atoms with Crippen LogP contribution in [0.2, 0.25) is 0 Å². The van der Waals surface area contributed by atoms with Gasteiger partial charge in [-0.25, -0.2) is 25.2 Å². The molecule has 0 saturated heterocycles. The number of aryl methyl sites for hydroxylation is 1. The second-order valence-corrected chi connectivity index (χ2v) is 16.1. The van der Waals surface area contributed by atoms with Gasteiger partial charge in [0.1, 0.15) is 16.1 Å². The number of halogens is 1. The molecule has 0 aliphatic heterocycles. The van der Waals surface area contributed by atoms with Crippen molar-refractivity contribution in [3.63, 3.8) is 0 Å². The number of pyridine rings is 1. The third-order valence-corrected chi connectivity index (χ3v) is 11.8. The molecule has 5 aromatic rings. The maximum atomic E-state index is 14.7. The van der Waals surface area contributed by atoms with Gasteiger partial charge in [-0.2, -0.15) is 5.10 Å². The highest BCUT2D eigenvalue weighted by Crippen LogP contribution is 2.49. The molecule has 2 aromatic carbocycles. The summed E-state index contributed by atoms with van der Waals surface area (Å²) >= 11 is 0. The summed E-state index contributed by atoms with van der Waals surface area (Å²) < 4.78 is 68.7. The van der Waals surface area contributed by atoms with Crippen molar-refractivity contribution in [3.05, 3.63) is 130 Å². The van der Waals surface area contributed by atoms with E-state index in [1.807, 2.05) is 6.08 Å². The fourth-order valence-electron chi connectivity index (χ4n) is 6.05. The molecule has 46 heavy (non-hydrogen) atoms. The number of aromatic nitrogens is 4. The van der Waals surface area contributed by atoms with Crippen molar-refractivity contribution in [2.24, 2.45) is 7.05 Å². The largest absolute Gasteiger partial charge is 0.355 e. The summed E-state index contributed by atoms with van der Waals surface area (Å²) in [5.74, 6) is -1.36. The van der Waals surface area contributed by atoms with Gasteiger partial charge in [0.05, 0.1) is 11.9 Å². The van der Waals surface area contributed by atoms with Gasteiger partial charge in [-0.1, -0.05) is 18.2 Å². The highest BCUT2D eigenvalue weighted by molar-refractivity contribution is 7.91. The number of anilines is 2. The Morgan fingerprint density at radius 3 is 2.48 bits per heavy atom. The Morgan fingerprint density at radius 1 is 1.07 bits per heavy atom. The van der Waals surface area contributed by atoms with Crippen LogP contribution in [0.4, 0.5) is 15.8 Å². The highest BCUT2D eigenvalue weighted by atomic mass is 32.2. The monoisotopic (exact) mass is 661 g/mol.